The summed E-state index contributed by atoms with van der Waals surface area (Å²) in [6.07, 6.45) is 0. The number of rotatable bonds is 5. The number of morpholine rings is 1. The molecule has 0 spiro atoms. The Labute approximate surface area is 119 Å². The van der Waals surface area contributed by atoms with Crippen LogP contribution in [0.2, 0.25) is 0 Å². The molecule has 6 nitrogen and oxygen atoms in total. The highest BCUT2D eigenvalue weighted by Crippen LogP contribution is 2.27. The maximum Gasteiger partial charge on any atom is 0.238 e. The Morgan fingerprint density at radius 3 is 2.80 bits per heavy atom. The smallest absolute Gasteiger partial charge is 0.238 e. The fourth-order valence-corrected chi connectivity index (χ4v) is 2.14. The number of hydrogen-bond acceptors (Lipinski definition) is 5. The number of benzene rings is 1. The first-order valence-corrected chi connectivity index (χ1v) is 6.68. The van der Waals surface area contributed by atoms with E-state index in [4.69, 9.17) is 9.47 Å². The number of carbonyl (C=O) groups excluding carboxylic acids is 1. The van der Waals surface area contributed by atoms with Crippen LogP contribution in [0.5, 0.6) is 5.75 Å². The van der Waals surface area contributed by atoms with Gasteiger partial charge in [-0.2, -0.15) is 0 Å². The summed E-state index contributed by atoms with van der Waals surface area (Å²) in [7, 11) is 3.43. The second-order valence-electron chi connectivity index (χ2n) is 4.60. The standard InChI is InChI=1S/C14H21N3O3/c1-15-12-4-3-11(9-13(12)19-2)16-14(18)10-17-5-7-20-8-6-17/h3-4,9,15H,5-8,10H2,1-2H3,(H,16,18). The summed E-state index contributed by atoms with van der Waals surface area (Å²) in [6, 6.07) is 5.54. The molecule has 0 saturated carbocycles. The van der Waals surface area contributed by atoms with E-state index in [1.165, 1.54) is 0 Å². The number of nitrogens with one attached hydrogen (secondary N) is 2. The second-order valence-corrected chi connectivity index (χ2v) is 4.60. The lowest BCUT2D eigenvalue weighted by atomic mass is 10.2. The van der Waals surface area contributed by atoms with Gasteiger partial charge in [0, 0.05) is 31.9 Å². The van der Waals surface area contributed by atoms with Gasteiger partial charge in [-0.3, -0.25) is 9.69 Å². The van der Waals surface area contributed by atoms with E-state index >= 15 is 0 Å². The maximum atomic E-state index is 12.0. The third-order valence-corrected chi connectivity index (χ3v) is 3.23. The fourth-order valence-electron chi connectivity index (χ4n) is 2.14. The molecule has 1 aliphatic heterocycles. The molecule has 1 saturated heterocycles. The van der Waals surface area contributed by atoms with Crippen LogP contribution < -0.4 is 15.4 Å². The predicted octanol–water partition coefficient (Wildman–Crippen LogP) is 1.01. The van der Waals surface area contributed by atoms with Crippen molar-refractivity contribution in [1.82, 2.24) is 4.90 Å². The molecule has 20 heavy (non-hydrogen) atoms. The number of ether oxygens (including phenoxy) is 2. The van der Waals surface area contributed by atoms with Crippen molar-refractivity contribution in [1.29, 1.82) is 0 Å². The van der Waals surface area contributed by atoms with E-state index in [-0.39, 0.29) is 5.91 Å². The van der Waals surface area contributed by atoms with Crippen LogP contribution in [0.4, 0.5) is 11.4 Å². The van der Waals surface area contributed by atoms with Gasteiger partial charge in [0.25, 0.3) is 0 Å². The molecule has 110 valence electrons. The third-order valence-electron chi connectivity index (χ3n) is 3.23. The molecule has 1 heterocycles. The van der Waals surface area contributed by atoms with Crippen molar-refractivity contribution in [2.45, 2.75) is 0 Å². The summed E-state index contributed by atoms with van der Waals surface area (Å²) >= 11 is 0. The van der Waals surface area contributed by atoms with Gasteiger partial charge in [0.15, 0.2) is 0 Å². The van der Waals surface area contributed by atoms with Crippen molar-refractivity contribution in [3.05, 3.63) is 18.2 Å². The molecule has 1 fully saturated rings. The summed E-state index contributed by atoms with van der Waals surface area (Å²) in [5.74, 6) is 0.683. The molecule has 0 aromatic heterocycles. The lowest BCUT2D eigenvalue weighted by molar-refractivity contribution is -0.118. The Morgan fingerprint density at radius 1 is 1.40 bits per heavy atom. The highest BCUT2D eigenvalue weighted by Gasteiger charge is 2.14. The van der Waals surface area contributed by atoms with Crippen LogP contribution in [0.1, 0.15) is 0 Å². The van der Waals surface area contributed by atoms with Crippen LogP contribution in [0.25, 0.3) is 0 Å². The van der Waals surface area contributed by atoms with Crippen molar-refractivity contribution in [2.24, 2.45) is 0 Å². The molecule has 0 aliphatic carbocycles. The van der Waals surface area contributed by atoms with E-state index in [0.717, 1.165) is 24.5 Å². The average molecular weight is 279 g/mol. The average Bonchev–Trinajstić information content (AvgIpc) is 2.48. The molecule has 2 N–H and O–H groups in total. The van der Waals surface area contributed by atoms with E-state index < -0.39 is 0 Å². The fraction of sp³-hybridized carbons (Fsp3) is 0.500. The van der Waals surface area contributed by atoms with Crippen LogP contribution >= 0.6 is 0 Å². The number of carbonyl (C=O) groups is 1. The molecule has 1 aliphatic rings. The van der Waals surface area contributed by atoms with Gasteiger partial charge in [0.1, 0.15) is 5.75 Å². The minimum Gasteiger partial charge on any atom is -0.495 e. The second kappa shape index (κ2) is 7.12. The number of methoxy groups -OCH3 is 1. The van der Waals surface area contributed by atoms with E-state index in [0.29, 0.717) is 25.5 Å². The van der Waals surface area contributed by atoms with E-state index in [1.54, 1.807) is 7.11 Å². The molecule has 0 unspecified atom stereocenters. The van der Waals surface area contributed by atoms with Crippen LogP contribution in [-0.4, -0.2) is 57.8 Å². The number of hydrogen-bond donors (Lipinski definition) is 2. The highest BCUT2D eigenvalue weighted by atomic mass is 16.5. The zero-order valence-electron chi connectivity index (χ0n) is 11.9. The van der Waals surface area contributed by atoms with Crippen molar-refractivity contribution in [3.8, 4) is 5.75 Å². The van der Waals surface area contributed by atoms with Crippen LogP contribution in [0, 0.1) is 0 Å². The number of nitrogens with zero attached hydrogens (tertiary/aromatic N) is 1. The first-order chi connectivity index (χ1) is 9.72. The SMILES string of the molecule is CNc1ccc(NC(=O)CN2CCOCC2)cc1OC. The first-order valence-electron chi connectivity index (χ1n) is 6.68. The van der Waals surface area contributed by atoms with Gasteiger partial charge in [0.05, 0.1) is 32.6 Å². The minimum atomic E-state index is -0.0221. The van der Waals surface area contributed by atoms with Gasteiger partial charge < -0.3 is 20.1 Å². The molecule has 6 heteroatoms. The first kappa shape index (κ1) is 14.6. The van der Waals surface area contributed by atoms with Gasteiger partial charge in [-0.1, -0.05) is 0 Å². The van der Waals surface area contributed by atoms with Crippen molar-refractivity contribution >= 4 is 17.3 Å². The quantitative estimate of drug-likeness (QED) is 0.842. The normalized spacial score (nSPS) is 15.7. The Bertz CT molecular complexity index is 459. The Kier molecular flexibility index (Phi) is 5.20. The maximum absolute atomic E-state index is 12.0. The van der Waals surface area contributed by atoms with Gasteiger partial charge in [0.2, 0.25) is 5.91 Å². The van der Waals surface area contributed by atoms with Crippen LogP contribution in [0.3, 0.4) is 0 Å². The molecule has 1 aromatic rings. The van der Waals surface area contributed by atoms with E-state index in [9.17, 15) is 4.79 Å². The van der Waals surface area contributed by atoms with Gasteiger partial charge >= 0.3 is 0 Å². The summed E-state index contributed by atoms with van der Waals surface area (Å²) in [5.41, 5.74) is 1.62. The number of anilines is 2. The molecule has 2 rings (SSSR count). The summed E-state index contributed by atoms with van der Waals surface area (Å²) < 4.78 is 10.5. The largest absolute Gasteiger partial charge is 0.495 e. The molecule has 1 amide bonds. The summed E-state index contributed by atoms with van der Waals surface area (Å²) in [4.78, 5) is 14.1. The predicted molar refractivity (Wildman–Crippen MR) is 78.4 cm³/mol. The molecular formula is C14H21N3O3. The van der Waals surface area contributed by atoms with Crippen LogP contribution in [0.15, 0.2) is 18.2 Å². The van der Waals surface area contributed by atoms with Crippen LogP contribution in [-0.2, 0) is 9.53 Å². The molecule has 1 aromatic carbocycles. The Balaban J connectivity index is 1.93. The molecule has 0 radical (unpaired) electrons. The van der Waals surface area contributed by atoms with E-state index in [2.05, 4.69) is 15.5 Å². The molecule has 0 atom stereocenters. The Morgan fingerprint density at radius 2 is 2.15 bits per heavy atom. The number of amides is 1. The zero-order valence-corrected chi connectivity index (χ0v) is 11.9. The van der Waals surface area contributed by atoms with Gasteiger partial charge in [-0.25, -0.2) is 0 Å². The Hall–Kier alpha value is -1.79. The lowest BCUT2D eigenvalue weighted by Gasteiger charge is -2.25. The van der Waals surface area contributed by atoms with Crippen molar-refractivity contribution in [3.63, 3.8) is 0 Å². The topological polar surface area (TPSA) is 62.8 Å². The highest BCUT2D eigenvalue weighted by molar-refractivity contribution is 5.92. The van der Waals surface area contributed by atoms with Crippen molar-refractivity contribution in [2.75, 3.05) is 57.6 Å². The van der Waals surface area contributed by atoms with Crippen molar-refractivity contribution < 1.29 is 14.3 Å². The molecule has 0 bridgehead atoms. The van der Waals surface area contributed by atoms with E-state index in [1.807, 2.05) is 25.2 Å². The van der Waals surface area contributed by atoms with Gasteiger partial charge in [-0.05, 0) is 12.1 Å². The third kappa shape index (κ3) is 3.85. The van der Waals surface area contributed by atoms with Gasteiger partial charge in [-0.15, -0.1) is 0 Å². The minimum absolute atomic E-state index is 0.0221. The zero-order chi connectivity index (χ0) is 14.4. The lowest BCUT2D eigenvalue weighted by Crippen LogP contribution is -2.41. The monoisotopic (exact) mass is 279 g/mol. The summed E-state index contributed by atoms with van der Waals surface area (Å²) in [5, 5.41) is 5.92. The molecular weight excluding hydrogens is 258 g/mol. The summed E-state index contributed by atoms with van der Waals surface area (Å²) in [6.45, 7) is 3.38.